The monoisotopic (exact) mass is 346 g/mol. The average Bonchev–Trinajstić information content (AvgIpc) is 3.24. The summed E-state index contributed by atoms with van der Waals surface area (Å²) in [4.78, 5) is 32.2. The molecule has 2 heterocycles. The van der Waals surface area contributed by atoms with Crippen molar-refractivity contribution in [3.63, 3.8) is 0 Å². The van der Waals surface area contributed by atoms with Gasteiger partial charge in [0.1, 0.15) is 11.5 Å². The van der Waals surface area contributed by atoms with Crippen molar-refractivity contribution in [3.05, 3.63) is 46.3 Å². The molecule has 1 aromatic heterocycles. The molecule has 1 atom stereocenters. The number of carbonyl (C=O) groups is 1. The van der Waals surface area contributed by atoms with Gasteiger partial charge in [-0.3, -0.25) is 14.9 Å². The lowest BCUT2D eigenvalue weighted by atomic mass is 10.2. The van der Waals surface area contributed by atoms with Crippen LogP contribution in [0.5, 0.6) is 0 Å². The molecule has 0 aliphatic carbocycles. The van der Waals surface area contributed by atoms with Gasteiger partial charge in [-0.25, -0.2) is 4.98 Å². The lowest BCUT2D eigenvalue weighted by Crippen LogP contribution is -2.37. The van der Waals surface area contributed by atoms with E-state index in [0.717, 1.165) is 25.1 Å². The van der Waals surface area contributed by atoms with E-state index < -0.39 is 4.92 Å². The maximum atomic E-state index is 12.7. The van der Waals surface area contributed by atoms with Gasteiger partial charge in [-0.1, -0.05) is 12.1 Å². The number of nitrogens with zero attached hydrogens (tertiary/aromatic N) is 3. The van der Waals surface area contributed by atoms with E-state index in [9.17, 15) is 14.9 Å². The lowest BCUT2D eigenvalue weighted by molar-refractivity contribution is -0.384. The first-order valence-electron chi connectivity index (χ1n) is 7.70. The minimum Gasteiger partial charge on any atom is -0.334 e. The zero-order valence-corrected chi connectivity index (χ0v) is 14.1. The van der Waals surface area contributed by atoms with Crippen LogP contribution in [-0.2, 0) is 0 Å². The van der Waals surface area contributed by atoms with Crippen molar-refractivity contribution in [2.45, 2.75) is 18.9 Å². The highest BCUT2D eigenvalue weighted by Gasteiger charge is 2.30. The summed E-state index contributed by atoms with van der Waals surface area (Å²) in [6.07, 6.45) is 5.59. The van der Waals surface area contributed by atoms with Crippen LogP contribution in [-0.4, -0.2) is 50.3 Å². The molecule has 24 heavy (non-hydrogen) atoms. The van der Waals surface area contributed by atoms with Gasteiger partial charge in [-0.2, -0.15) is 11.8 Å². The Hall–Kier alpha value is -2.35. The third kappa shape index (κ3) is 3.28. The van der Waals surface area contributed by atoms with Gasteiger partial charge in [0.05, 0.1) is 11.1 Å². The molecule has 0 radical (unpaired) electrons. The Morgan fingerprint density at radius 3 is 3.12 bits per heavy atom. The zero-order chi connectivity index (χ0) is 17.1. The van der Waals surface area contributed by atoms with Crippen molar-refractivity contribution in [1.29, 1.82) is 0 Å². The SMILES string of the molecule is CSCC1CCCN1C(=O)c1cnc(-c2cccc([N+](=O)[O-])c2)[nH]1. The number of hydrogen-bond donors (Lipinski definition) is 1. The molecule has 2 aromatic rings. The smallest absolute Gasteiger partial charge is 0.272 e. The van der Waals surface area contributed by atoms with E-state index in [1.165, 1.54) is 18.3 Å². The van der Waals surface area contributed by atoms with Gasteiger partial charge in [-0.05, 0) is 19.1 Å². The average molecular weight is 346 g/mol. The van der Waals surface area contributed by atoms with Gasteiger partial charge in [0, 0.05) is 36.0 Å². The summed E-state index contributed by atoms with van der Waals surface area (Å²) in [6.45, 7) is 0.759. The summed E-state index contributed by atoms with van der Waals surface area (Å²) in [6, 6.07) is 6.46. The van der Waals surface area contributed by atoms with E-state index in [0.29, 0.717) is 17.1 Å². The molecule has 3 rings (SSSR count). The zero-order valence-electron chi connectivity index (χ0n) is 13.3. The Morgan fingerprint density at radius 2 is 2.38 bits per heavy atom. The second-order valence-electron chi connectivity index (χ2n) is 5.70. The number of thioether (sulfide) groups is 1. The topological polar surface area (TPSA) is 92.1 Å². The standard InChI is InChI=1S/C16H18N4O3S/c1-24-10-13-6-3-7-19(13)16(21)14-9-17-15(18-14)11-4-2-5-12(8-11)20(22)23/h2,4-5,8-9,13H,3,6-7,10H2,1H3,(H,17,18). The maximum absolute atomic E-state index is 12.7. The molecule has 1 saturated heterocycles. The van der Waals surface area contributed by atoms with Crippen molar-refractivity contribution < 1.29 is 9.72 Å². The number of nitro groups is 1. The predicted molar refractivity (Wildman–Crippen MR) is 93.1 cm³/mol. The summed E-state index contributed by atoms with van der Waals surface area (Å²) in [7, 11) is 0. The molecule has 1 N–H and O–H groups in total. The number of non-ortho nitro benzene ring substituents is 1. The number of H-pyrrole nitrogens is 1. The molecule has 7 nitrogen and oxygen atoms in total. The number of amides is 1. The van der Waals surface area contributed by atoms with Crippen LogP contribution < -0.4 is 0 Å². The fraction of sp³-hybridized carbons (Fsp3) is 0.375. The van der Waals surface area contributed by atoms with Crippen LogP contribution in [0.1, 0.15) is 23.3 Å². The van der Waals surface area contributed by atoms with E-state index in [1.807, 2.05) is 11.2 Å². The molecule has 1 aromatic carbocycles. The highest BCUT2D eigenvalue weighted by atomic mass is 32.2. The van der Waals surface area contributed by atoms with Gasteiger partial charge in [-0.15, -0.1) is 0 Å². The molecule has 1 aliphatic heterocycles. The first kappa shape index (κ1) is 16.5. The summed E-state index contributed by atoms with van der Waals surface area (Å²) < 4.78 is 0. The molecule has 126 valence electrons. The van der Waals surface area contributed by atoms with Crippen molar-refractivity contribution >= 4 is 23.4 Å². The van der Waals surface area contributed by atoms with E-state index in [-0.39, 0.29) is 17.6 Å². The van der Waals surface area contributed by atoms with Gasteiger partial charge in [0.2, 0.25) is 0 Å². The molecule has 8 heteroatoms. The van der Waals surface area contributed by atoms with Crippen LogP contribution in [0.3, 0.4) is 0 Å². The number of benzene rings is 1. The third-order valence-electron chi connectivity index (χ3n) is 4.13. The Balaban J connectivity index is 1.81. The Kier molecular flexibility index (Phi) is 4.84. The van der Waals surface area contributed by atoms with Gasteiger partial charge >= 0.3 is 0 Å². The number of aromatic nitrogens is 2. The van der Waals surface area contributed by atoms with Crippen molar-refractivity contribution in [3.8, 4) is 11.4 Å². The van der Waals surface area contributed by atoms with Crippen LogP contribution in [0, 0.1) is 10.1 Å². The van der Waals surface area contributed by atoms with Gasteiger partial charge in [0.25, 0.3) is 11.6 Å². The van der Waals surface area contributed by atoms with E-state index in [2.05, 4.69) is 9.97 Å². The molecule has 0 bridgehead atoms. The Labute approximate surface area is 143 Å². The predicted octanol–water partition coefficient (Wildman–Crippen LogP) is 2.95. The molecular formula is C16H18N4O3S. The molecule has 0 spiro atoms. The van der Waals surface area contributed by atoms with Gasteiger partial charge < -0.3 is 9.88 Å². The van der Waals surface area contributed by atoms with Crippen molar-refractivity contribution in [1.82, 2.24) is 14.9 Å². The molecule has 1 fully saturated rings. The molecule has 0 saturated carbocycles. The van der Waals surface area contributed by atoms with Crippen molar-refractivity contribution in [2.24, 2.45) is 0 Å². The summed E-state index contributed by atoms with van der Waals surface area (Å²) >= 11 is 1.74. The van der Waals surface area contributed by atoms with Crippen LogP contribution in [0.25, 0.3) is 11.4 Å². The first-order valence-corrected chi connectivity index (χ1v) is 9.09. The second-order valence-corrected chi connectivity index (χ2v) is 6.61. The minimum absolute atomic E-state index is 0.00338. The normalized spacial score (nSPS) is 17.2. The fourth-order valence-electron chi connectivity index (χ4n) is 2.97. The van der Waals surface area contributed by atoms with E-state index >= 15 is 0 Å². The number of likely N-dealkylation sites (tertiary alicyclic amines) is 1. The van der Waals surface area contributed by atoms with Gasteiger partial charge in [0.15, 0.2) is 0 Å². The van der Waals surface area contributed by atoms with Crippen LogP contribution in [0.15, 0.2) is 30.5 Å². The number of nitrogens with one attached hydrogen (secondary N) is 1. The number of aromatic amines is 1. The highest BCUT2D eigenvalue weighted by Crippen LogP contribution is 2.24. The number of carbonyl (C=O) groups excluding carboxylic acids is 1. The molecular weight excluding hydrogens is 328 g/mol. The van der Waals surface area contributed by atoms with E-state index in [1.54, 1.807) is 23.9 Å². The molecule has 1 unspecified atom stereocenters. The third-order valence-corrected chi connectivity index (χ3v) is 4.85. The number of nitro benzene ring substituents is 1. The quantitative estimate of drug-likeness (QED) is 0.664. The summed E-state index contributed by atoms with van der Waals surface area (Å²) in [5, 5.41) is 10.9. The highest BCUT2D eigenvalue weighted by molar-refractivity contribution is 7.98. The maximum Gasteiger partial charge on any atom is 0.272 e. The van der Waals surface area contributed by atoms with E-state index in [4.69, 9.17) is 0 Å². The minimum atomic E-state index is -0.449. The molecule has 1 aliphatic rings. The Bertz CT molecular complexity index is 761. The first-order chi connectivity index (χ1) is 11.6. The fourth-order valence-corrected chi connectivity index (χ4v) is 3.70. The summed E-state index contributed by atoms with van der Waals surface area (Å²) in [5.41, 5.74) is 1.01. The molecule has 1 amide bonds. The lowest BCUT2D eigenvalue weighted by Gasteiger charge is -2.23. The number of imidazole rings is 1. The Morgan fingerprint density at radius 1 is 1.54 bits per heavy atom. The van der Waals surface area contributed by atoms with Crippen LogP contribution in [0.2, 0.25) is 0 Å². The van der Waals surface area contributed by atoms with Crippen molar-refractivity contribution in [2.75, 3.05) is 18.6 Å². The number of hydrogen-bond acceptors (Lipinski definition) is 5. The summed E-state index contributed by atoms with van der Waals surface area (Å²) in [5.74, 6) is 1.33. The van der Waals surface area contributed by atoms with Crippen LogP contribution >= 0.6 is 11.8 Å². The number of rotatable bonds is 5. The second kappa shape index (κ2) is 7.04. The van der Waals surface area contributed by atoms with Crippen LogP contribution in [0.4, 0.5) is 5.69 Å². The largest absolute Gasteiger partial charge is 0.334 e.